The molecule has 18 heavy (non-hydrogen) atoms. The fourth-order valence-electron chi connectivity index (χ4n) is 2.05. The number of rotatable bonds is 9. The van der Waals surface area contributed by atoms with Gasteiger partial charge in [0.15, 0.2) is 0 Å². The van der Waals surface area contributed by atoms with E-state index in [9.17, 15) is 13.5 Å². The van der Waals surface area contributed by atoms with Crippen LogP contribution in [0.15, 0.2) is 0 Å². The van der Waals surface area contributed by atoms with Gasteiger partial charge in [-0.25, -0.2) is 8.42 Å². The molecule has 1 rings (SSSR count). The first kappa shape index (κ1) is 15.9. The molecule has 1 saturated carbocycles. The molecule has 1 N–H and O–H groups in total. The molecule has 0 aromatic rings. The molecule has 1 aliphatic carbocycles. The third kappa shape index (κ3) is 4.21. The summed E-state index contributed by atoms with van der Waals surface area (Å²) in [5.41, 5.74) is 0. The molecular formula is C13H27NO3S. The zero-order valence-electron chi connectivity index (χ0n) is 11.8. The van der Waals surface area contributed by atoms with Gasteiger partial charge in [0.1, 0.15) is 0 Å². The van der Waals surface area contributed by atoms with Gasteiger partial charge in [-0.1, -0.05) is 19.8 Å². The third-order valence-corrected chi connectivity index (χ3v) is 5.86. The predicted molar refractivity (Wildman–Crippen MR) is 73.9 cm³/mol. The number of nitrogens with zero attached hydrogens (tertiary/aromatic N) is 1. The lowest BCUT2D eigenvalue weighted by Crippen LogP contribution is -2.46. The second-order valence-electron chi connectivity index (χ2n) is 5.59. The maximum atomic E-state index is 12.4. The molecule has 1 fully saturated rings. The predicted octanol–water partition coefficient (Wildman–Crippen LogP) is 1.99. The van der Waals surface area contributed by atoms with Gasteiger partial charge in [-0.15, -0.1) is 0 Å². The zero-order chi connectivity index (χ0) is 13.8. The molecule has 5 heteroatoms. The molecule has 0 aromatic carbocycles. The Morgan fingerprint density at radius 2 is 1.94 bits per heavy atom. The molecule has 0 radical (unpaired) electrons. The number of aliphatic hydroxyl groups is 1. The second-order valence-corrected chi connectivity index (χ2v) is 8.03. The van der Waals surface area contributed by atoms with E-state index in [1.807, 2.05) is 0 Å². The molecule has 0 saturated heterocycles. The minimum Gasteiger partial charge on any atom is -0.395 e. The van der Waals surface area contributed by atoms with Crippen LogP contribution < -0.4 is 0 Å². The molecule has 108 valence electrons. The average molecular weight is 277 g/mol. The number of sulfonamides is 1. The van der Waals surface area contributed by atoms with Crippen molar-refractivity contribution in [2.45, 2.75) is 64.2 Å². The summed E-state index contributed by atoms with van der Waals surface area (Å²) in [6.07, 6.45) is 4.98. The highest BCUT2D eigenvalue weighted by molar-refractivity contribution is 7.89. The number of aliphatic hydroxyl groups excluding tert-OH is 1. The van der Waals surface area contributed by atoms with Crippen LogP contribution in [0.3, 0.4) is 0 Å². The quantitative estimate of drug-likeness (QED) is 0.701. The Morgan fingerprint density at radius 1 is 1.33 bits per heavy atom. The summed E-state index contributed by atoms with van der Waals surface area (Å²) in [6.45, 7) is 6.03. The van der Waals surface area contributed by atoms with Crippen LogP contribution in [0.25, 0.3) is 0 Å². The van der Waals surface area contributed by atoms with Crippen molar-refractivity contribution in [3.05, 3.63) is 0 Å². The smallest absolute Gasteiger partial charge is 0.216 e. The fraction of sp³-hybridized carbons (Fsp3) is 1.00. The van der Waals surface area contributed by atoms with Crippen LogP contribution in [0.1, 0.15) is 52.9 Å². The van der Waals surface area contributed by atoms with Gasteiger partial charge in [0.25, 0.3) is 0 Å². The van der Waals surface area contributed by atoms with Crippen LogP contribution in [0, 0.1) is 5.92 Å². The lowest BCUT2D eigenvalue weighted by molar-refractivity contribution is 0.173. The molecule has 0 unspecified atom stereocenters. The Bertz CT molecular complexity index is 336. The topological polar surface area (TPSA) is 57.6 Å². The maximum absolute atomic E-state index is 12.4. The summed E-state index contributed by atoms with van der Waals surface area (Å²) < 4.78 is 26.3. The van der Waals surface area contributed by atoms with Crippen molar-refractivity contribution in [2.75, 3.05) is 13.2 Å². The maximum Gasteiger partial charge on any atom is 0.216 e. The minimum atomic E-state index is -3.26. The van der Waals surface area contributed by atoms with Gasteiger partial charge in [0, 0.05) is 12.6 Å². The van der Waals surface area contributed by atoms with Gasteiger partial charge >= 0.3 is 0 Å². The molecule has 4 nitrogen and oxygen atoms in total. The van der Waals surface area contributed by atoms with Crippen molar-refractivity contribution >= 4 is 10.0 Å². The first-order valence-electron chi connectivity index (χ1n) is 7.05. The standard InChI is InChI=1S/C13H27NO3S/c1-4-5-6-13(10-15)14(9-12-7-8-12)18(16,17)11(2)3/h11-13,15H,4-10H2,1-3H3/t13-/m0/s1. The van der Waals surface area contributed by atoms with E-state index in [-0.39, 0.29) is 12.6 Å². The fourth-order valence-corrected chi connectivity index (χ4v) is 3.60. The van der Waals surface area contributed by atoms with Crippen molar-refractivity contribution in [3.8, 4) is 0 Å². The van der Waals surface area contributed by atoms with Crippen LogP contribution in [0.4, 0.5) is 0 Å². The average Bonchev–Trinajstić information content (AvgIpc) is 3.12. The van der Waals surface area contributed by atoms with E-state index in [1.54, 1.807) is 18.2 Å². The van der Waals surface area contributed by atoms with E-state index in [0.717, 1.165) is 32.1 Å². The molecule has 0 amide bonds. The molecule has 0 heterocycles. The van der Waals surface area contributed by atoms with Gasteiger partial charge in [-0.2, -0.15) is 4.31 Å². The van der Waals surface area contributed by atoms with Crippen molar-refractivity contribution in [1.82, 2.24) is 4.31 Å². The monoisotopic (exact) mass is 277 g/mol. The summed E-state index contributed by atoms with van der Waals surface area (Å²) in [4.78, 5) is 0. The summed E-state index contributed by atoms with van der Waals surface area (Å²) in [6, 6.07) is -0.238. The van der Waals surface area contributed by atoms with Gasteiger partial charge in [0.2, 0.25) is 10.0 Å². The lowest BCUT2D eigenvalue weighted by Gasteiger charge is -2.31. The van der Waals surface area contributed by atoms with E-state index in [1.165, 1.54) is 0 Å². The van der Waals surface area contributed by atoms with Crippen LogP contribution in [-0.4, -0.2) is 42.3 Å². The number of hydrogen-bond acceptors (Lipinski definition) is 3. The van der Waals surface area contributed by atoms with E-state index >= 15 is 0 Å². The van der Waals surface area contributed by atoms with Crippen LogP contribution in [-0.2, 0) is 10.0 Å². The normalized spacial score (nSPS) is 18.6. The van der Waals surface area contributed by atoms with E-state index in [0.29, 0.717) is 12.5 Å². The van der Waals surface area contributed by atoms with Gasteiger partial charge < -0.3 is 5.11 Å². The van der Waals surface area contributed by atoms with Crippen molar-refractivity contribution in [1.29, 1.82) is 0 Å². The molecular weight excluding hydrogens is 250 g/mol. The molecule has 0 aromatic heterocycles. The largest absolute Gasteiger partial charge is 0.395 e. The summed E-state index contributed by atoms with van der Waals surface area (Å²) >= 11 is 0. The molecule has 0 spiro atoms. The minimum absolute atomic E-state index is 0.0708. The van der Waals surface area contributed by atoms with Crippen molar-refractivity contribution in [3.63, 3.8) is 0 Å². The Labute approximate surface area is 111 Å². The Morgan fingerprint density at radius 3 is 2.33 bits per heavy atom. The molecule has 0 aliphatic heterocycles. The summed E-state index contributed by atoms with van der Waals surface area (Å²) in [5.74, 6) is 0.509. The van der Waals surface area contributed by atoms with Crippen LogP contribution in [0.5, 0.6) is 0 Å². The highest BCUT2D eigenvalue weighted by Gasteiger charge is 2.36. The van der Waals surface area contributed by atoms with Crippen LogP contribution in [0.2, 0.25) is 0 Å². The second kappa shape index (κ2) is 6.87. The van der Waals surface area contributed by atoms with E-state index in [4.69, 9.17) is 0 Å². The molecule has 1 atom stereocenters. The molecule has 0 bridgehead atoms. The first-order valence-corrected chi connectivity index (χ1v) is 8.55. The Kier molecular flexibility index (Phi) is 6.08. The lowest BCUT2D eigenvalue weighted by atomic mass is 10.1. The zero-order valence-corrected chi connectivity index (χ0v) is 12.6. The van der Waals surface area contributed by atoms with E-state index < -0.39 is 15.3 Å². The highest BCUT2D eigenvalue weighted by Crippen LogP contribution is 2.32. The highest BCUT2D eigenvalue weighted by atomic mass is 32.2. The number of hydrogen-bond donors (Lipinski definition) is 1. The SMILES string of the molecule is CCCC[C@@H](CO)N(CC1CC1)S(=O)(=O)C(C)C. The van der Waals surface area contributed by atoms with Gasteiger partial charge in [-0.05, 0) is 39.0 Å². The third-order valence-electron chi connectivity index (χ3n) is 3.57. The van der Waals surface area contributed by atoms with Crippen molar-refractivity contribution in [2.24, 2.45) is 5.92 Å². The first-order chi connectivity index (χ1) is 8.43. The Hall–Kier alpha value is -0.130. The van der Waals surface area contributed by atoms with E-state index in [2.05, 4.69) is 6.92 Å². The van der Waals surface area contributed by atoms with Gasteiger partial charge in [-0.3, -0.25) is 0 Å². The van der Waals surface area contributed by atoms with Crippen molar-refractivity contribution < 1.29 is 13.5 Å². The Balaban J connectivity index is 2.80. The summed E-state index contributed by atoms with van der Waals surface area (Å²) in [5, 5.41) is 9.09. The van der Waals surface area contributed by atoms with Crippen LogP contribution >= 0.6 is 0 Å². The molecule has 1 aliphatic rings. The summed E-state index contributed by atoms with van der Waals surface area (Å²) in [7, 11) is -3.26. The number of unbranched alkanes of at least 4 members (excludes halogenated alkanes) is 1. The van der Waals surface area contributed by atoms with Gasteiger partial charge in [0.05, 0.1) is 11.9 Å².